The lowest BCUT2D eigenvalue weighted by Crippen LogP contribution is -2.33. The zero-order chi connectivity index (χ0) is 20.1. The Kier molecular flexibility index (Phi) is 6.00. The first-order chi connectivity index (χ1) is 13.5. The Morgan fingerprint density at radius 2 is 1.89 bits per heavy atom. The summed E-state index contributed by atoms with van der Waals surface area (Å²) in [4.78, 5) is 36.3. The minimum absolute atomic E-state index is 0.124. The van der Waals surface area contributed by atoms with E-state index in [2.05, 4.69) is 10.6 Å². The summed E-state index contributed by atoms with van der Waals surface area (Å²) >= 11 is 1.31. The SMILES string of the molecule is CCOC(=O)c1cc2cc(NC(=O)CNC(=O)c3ccccc3F)ccc2s1. The Morgan fingerprint density at radius 1 is 1.11 bits per heavy atom. The van der Waals surface area contributed by atoms with Crippen molar-refractivity contribution < 1.29 is 23.5 Å². The number of amides is 2. The molecule has 0 bridgehead atoms. The maximum absolute atomic E-state index is 13.6. The predicted molar refractivity (Wildman–Crippen MR) is 105 cm³/mol. The Hall–Kier alpha value is -3.26. The molecule has 2 N–H and O–H groups in total. The molecular formula is C20H17FN2O4S. The number of esters is 1. The van der Waals surface area contributed by atoms with Gasteiger partial charge in [0.25, 0.3) is 5.91 Å². The van der Waals surface area contributed by atoms with Crippen LogP contribution in [-0.2, 0) is 9.53 Å². The lowest BCUT2D eigenvalue weighted by Gasteiger charge is -2.07. The third kappa shape index (κ3) is 4.52. The van der Waals surface area contributed by atoms with Crippen LogP contribution < -0.4 is 10.6 Å². The molecule has 144 valence electrons. The van der Waals surface area contributed by atoms with E-state index in [9.17, 15) is 18.8 Å². The van der Waals surface area contributed by atoms with Crippen molar-refractivity contribution in [2.24, 2.45) is 0 Å². The van der Waals surface area contributed by atoms with E-state index in [0.29, 0.717) is 17.2 Å². The quantitative estimate of drug-likeness (QED) is 0.620. The van der Waals surface area contributed by atoms with Gasteiger partial charge in [-0.05, 0) is 48.7 Å². The number of benzene rings is 2. The summed E-state index contributed by atoms with van der Waals surface area (Å²) in [6, 6.07) is 12.5. The van der Waals surface area contributed by atoms with Gasteiger partial charge in [0.1, 0.15) is 10.7 Å². The lowest BCUT2D eigenvalue weighted by molar-refractivity contribution is -0.115. The van der Waals surface area contributed by atoms with Crippen LogP contribution in [0, 0.1) is 5.82 Å². The van der Waals surface area contributed by atoms with Crippen molar-refractivity contribution in [3.63, 3.8) is 0 Å². The fourth-order valence-electron chi connectivity index (χ4n) is 2.53. The molecule has 0 atom stereocenters. The first kappa shape index (κ1) is 19.5. The van der Waals surface area contributed by atoms with Crippen molar-refractivity contribution in [1.29, 1.82) is 0 Å². The number of hydrogen-bond donors (Lipinski definition) is 2. The number of ether oxygens (including phenoxy) is 1. The van der Waals surface area contributed by atoms with E-state index in [1.807, 2.05) is 0 Å². The van der Waals surface area contributed by atoms with Gasteiger partial charge in [0, 0.05) is 10.4 Å². The van der Waals surface area contributed by atoms with Gasteiger partial charge < -0.3 is 15.4 Å². The number of carbonyl (C=O) groups excluding carboxylic acids is 3. The minimum Gasteiger partial charge on any atom is -0.462 e. The Labute approximate surface area is 164 Å². The highest BCUT2D eigenvalue weighted by molar-refractivity contribution is 7.20. The minimum atomic E-state index is -0.666. The van der Waals surface area contributed by atoms with Gasteiger partial charge in [-0.3, -0.25) is 9.59 Å². The van der Waals surface area contributed by atoms with Crippen LogP contribution in [0.15, 0.2) is 48.5 Å². The van der Waals surface area contributed by atoms with Crippen LogP contribution in [0.2, 0.25) is 0 Å². The Bertz CT molecular complexity index is 1050. The van der Waals surface area contributed by atoms with E-state index in [0.717, 1.165) is 10.1 Å². The van der Waals surface area contributed by atoms with Crippen molar-refractivity contribution in [2.45, 2.75) is 6.92 Å². The highest BCUT2D eigenvalue weighted by atomic mass is 32.1. The normalized spacial score (nSPS) is 10.5. The zero-order valence-electron chi connectivity index (χ0n) is 15.0. The number of thiophene rings is 1. The van der Waals surface area contributed by atoms with Gasteiger partial charge in [-0.1, -0.05) is 12.1 Å². The van der Waals surface area contributed by atoms with Gasteiger partial charge in [-0.25, -0.2) is 9.18 Å². The molecule has 2 aromatic carbocycles. The highest BCUT2D eigenvalue weighted by Crippen LogP contribution is 2.28. The van der Waals surface area contributed by atoms with Crippen molar-refractivity contribution in [3.05, 3.63) is 64.8 Å². The second-order valence-electron chi connectivity index (χ2n) is 5.79. The van der Waals surface area contributed by atoms with Gasteiger partial charge in [0.05, 0.1) is 18.7 Å². The summed E-state index contributed by atoms with van der Waals surface area (Å²) in [5.74, 6) is -2.16. The number of hydrogen-bond acceptors (Lipinski definition) is 5. The van der Waals surface area contributed by atoms with Crippen LogP contribution in [0.4, 0.5) is 10.1 Å². The van der Waals surface area contributed by atoms with Crippen LogP contribution in [0.3, 0.4) is 0 Å². The molecule has 28 heavy (non-hydrogen) atoms. The maximum atomic E-state index is 13.6. The second kappa shape index (κ2) is 8.62. The number of anilines is 1. The van der Waals surface area contributed by atoms with Crippen molar-refractivity contribution in [2.75, 3.05) is 18.5 Å². The van der Waals surface area contributed by atoms with Crippen LogP contribution >= 0.6 is 11.3 Å². The predicted octanol–water partition coefficient (Wildman–Crippen LogP) is 3.59. The van der Waals surface area contributed by atoms with Gasteiger partial charge in [0.15, 0.2) is 0 Å². The van der Waals surface area contributed by atoms with Crippen LogP contribution in [0.5, 0.6) is 0 Å². The molecule has 0 saturated carbocycles. The van der Waals surface area contributed by atoms with Crippen LogP contribution in [0.1, 0.15) is 27.0 Å². The van der Waals surface area contributed by atoms with Gasteiger partial charge in [-0.2, -0.15) is 0 Å². The smallest absolute Gasteiger partial charge is 0.348 e. The largest absolute Gasteiger partial charge is 0.462 e. The van der Waals surface area contributed by atoms with Gasteiger partial charge in [-0.15, -0.1) is 11.3 Å². The molecule has 6 nitrogen and oxygen atoms in total. The molecule has 0 radical (unpaired) electrons. The molecule has 8 heteroatoms. The summed E-state index contributed by atoms with van der Waals surface area (Å²) in [5, 5.41) is 5.83. The molecule has 0 aliphatic rings. The summed E-state index contributed by atoms with van der Waals surface area (Å²) in [6.45, 7) is 1.74. The number of carbonyl (C=O) groups is 3. The van der Waals surface area contributed by atoms with Crippen LogP contribution in [-0.4, -0.2) is 30.9 Å². The summed E-state index contributed by atoms with van der Waals surface area (Å²) in [6.07, 6.45) is 0. The first-order valence-electron chi connectivity index (χ1n) is 8.51. The monoisotopic (exact) mass is 400 g/mol. The molecule has 1 aromatic heterocycles. The van der Waals surface area contributed by atoms with E-state index < -0.39 is 17.6 Å². The number of fused-ring (bicyclic) bond motifs is 1. The second-order valence-corrected chi connectivity index (χ2v) is 6.88. The Balaban J connectivity index is 1.62. The summed E-state index contributed by atoms with van der Waals surface area (Å²) < 4.78 is 19.4. The van der Waals surface area contributed by atoms with Crippen molar-refractivity contribution in [1.82, 2.24) is 5.32 Å². The third-order valence-corrected chi connectivity index (χ3v) is 4.90. The number of rotatable bonds is 6. The lowest BCUT2D eigenvalue weighted by atomic mass is 10.2. The molecule has 3 aromatic rings. The molecule has 0 spiro atoms. The van der Waals surface area contributed by atoms with Crippen molar-refractivity contribution in [3.8, 4) is 0 Å². The topological polar surface area (TPSA) is 84.5 Å². The molecule has 2 amide bonds. The van der Waals surface area contributed by atoms with E-state index in [1.165, 1.54) is 29.5 Å². The molecule has 0 aliphatic carbocycles. The maximum Gasteiger partial charge on any atom is 0.348 e. The van der Waals surface area contributed by atoms with E-state index in [4.69, 9.17) is 4.74 Å². The molecule has 0 aliphatic heterocycles. The zero-order valence-corrected chi connectivity index (χ0v) is 15.8. The first-order valence-corrected chi connectivity index (χ1v) is 9.33. The van der Waals surface area contributed by atoms with Crippen LogP contribution in [0.25, 0.3) is 10.1 Å². The molecular weight excluding hydrogens is 383 g/mol. The third-order valence-electron chi connectivity index (χ3n) is 3.80. The molecule has 0 saturated heterocycles. The number of halogens is 1. The molecule has 3 rings (SSSR count). The van der Waals surface area contributed by atoms with E-state index in [1.54, 1.807) is 37.3 Å². The van der Waals surface area contributed by atoms with E-state index >= 15 is 0 Å². The molecule has 1 heterocycles. The fraction of sp³-hybridized carbons (Fsp3) is 0.150. The molecule has 0 fully saturated rings. The summed E-state index contributed by atoms with van der Waals surface area (Å²) in [5.41, 5.74) is 0.396. The van der Waals surface area contributed by atoms with Gasteiger partial charge >= 0.3 is 5.97 Å². The summed E-state index contributed by atoms with van der Waals surface area (Å²) in [7, 11) is 0. The average molecular weight is 400 g/mol. The standard InChI is InChI=1S/C20H17FN2O4S/c1-2-27-20(26)17-10-12-9-13(7-8-16(12)28-17)23-18(24)11-22-19(25)14-5-3-4-6-15(14)21/h3-10H,2,11H2,1H3,(H,22,25)(H,23,24). The van der Waals surface area contributed by atoms with E-state index in [-0.39, 0.29) is 18.1 Å². The Morgan fingerprint density at radius 3 is 2.64 bits per heavy atom. The van der Waals surface area contributed by atoms with Gasteiger partial charge in [0.2, 0.25) is 5.91 Å². The average Bonchev–Trinajstić information content (AvgIpc) is 3.10. The fourth-order valence-corrected chi connectivity index (χ4v) is 3.47. The van der Waals surface area contributed by atoms with Crippen molar-refractivity contribution >= 4 is 44.9 Å². The highest BCUT2D eigenvalue weighted by Gasteiger charge is 2.14. The number of nitrogens with one attached hydrogen (secondary N) is 2. The molecule has 0 unspecified atom stereocenters.